The van der Waals surface area contributed by atoms with E-state index in [9.17, 15) is 18.1 Å². The van der Waals surface area contributed by atoms with Gasteiger partial charge in [-0.3, -0.25) is 0 Å². The Kier molecular flexibility index (Phi) is 2.35. The molecule has 0 unspecified atom stereocenters. The van der Waals surface area contributed by atoms with Crippen molar-refractivity contribution in [3.63, 3.8) is 0 Å². The summed E-state index contributed by atoms with van der Waals surface area (Å²) in [5.74, 6) is 0. The maximum Gasteiger partial charge on any atom is 0.319 e. The summed E-state index contributed by atoms with van der Waals surface area (Å²) in [5, 5.41) is 4.98. The molecular formula is C8H7N3O4S. The van der Waals surface area contributed by atoms with Crippen LogP contribution in [-0.2, 0) is 16.6 Å². The van der Waals surface area contributed by atoms with Gasteiger partial charge in [-0.15, -0.1) is 4.91 Å². The quantitative estimate of drug-likeness (QED) is 0.746. The van der Waals surface area contributed by atoms with E-state index in [0.717, 1.165) is 0 Å². The van der Waals surface area contributed by atoms with Crippen molar-refractivity contribution in [3.05, 3.63) is 28.7 Å². The lowest BCUT2D eigenvalue weighted by Crippen LogP contribution is -2.33. The van der Waals surface area contributed by atoms with E-state index in [0.29, 0.717) is 11.3 Å². The molecule has 0 aromatic heterocycles. The number of benzene rings is 1. The van der Waals surface area contributed by atoms with Crippen LogP contribution in [0, 0.1) is 4.91 Å². The van der Waals surface area contributed by atoms with E-state index in [1.807, 2.05) is 0 Å². The number of carbonyl (C=O) groups excluding carboxylic acids is 1. The van der Waals surface area contributed by atoms with Gasteiger partial charge >= 0.3 is 16.1 Å². The minimum Gasteiger partial charge on any atom is -0.334 e. The van der Waals surface area contributed by atoms with Crippen LogP contribution in [0.15, 0.2) is 27.7 Å². The number of amides is 2. The molecule has 84 valence electrons. The number of rotatable bonds is 2. The number of hydrogen-bond acceptors (Lipinski definition) is 4. The Bertz CT molecular complexity index is 567. The van der Waals surface area contributed by atoms with Crippen LogP contribution in [0.25, 0.3) is 0 Å². The van der Waals surface area contributed by atoms with Crippen molar-refractivity contribution in [1.82, 2.24) is 5.32 Å². The van der Waals surface area contributed by atoms with Crippen molar-refractivity contribution >= 4 is 21.7 Å². The average Bonchev–Trinajstić information content (AvgIpc) is 2.28. The van der Waals surface area contributed by atoms with Gasteiger partial charge in [0.05, 0.1) is 9.48 Å². The third-order valence-corrected chi connectivity index (χ3v) is 3.21. The van der Waals surface area contributed by atoms with Crippen molar-refractivity contribution in [3.8, 4) is 0 Å². The lowest BCUT2D eigenvalue weighted by Gasteiger charge is -2.18. The summed E-state index contributed by atoms with van der Waals surface area (Å²) in [7, 11) is -4.12. The molecule has 8 heteroatoms. The highest BCUT2D eigenvalue weighted by molar-refractivity contribution is 7.90. The van der Waals surface area contributed by atoms with Crippen molar-refractivity contribution < 1.29 is 13.2 Å². The van der Waals surface area contributed by atoms with E-state index in [1.165, 1.54) is 18.2 Å². The average molecular weight is 241 g/mol. The van der Waals surface area contributed by atoms with E-state index in [1.54, 1.807) is 0 Å². The number of nitrogens with one attached hydrogen (secondary N) is 2. The fourth-order valence-electron chi connectivity index (χ4n) is 1.38. The first-order valence-corrected chi connectivity index (χ1v) is 5.74. The summed E-state index contributed by atoms with van der Waals surface area (Å²) in [6.45, 7) is 0.212. The van der Waals surface area contributed by atoms with Crippen LogP contribution in [0.4, 0.5) is 10.5 Å². The summed E-state index contributed by atoms with van der Waals surface area (Å²) >= 11 is 0. The standard InChI is InChI=1S/C8H7N3O4S/c12-8-9-4-5-3-6(16(14,15)11-13)1-2-7(5)10-8/h1-3H,4H2,(H2,9,10,12). The molecule has 2 rings (SSSR count). The molecule has 0 spiro atoms. The molecule has 0 atom stereocenters. The molecule has 1 heterocycles. The summed E-state index contributed by atoms with van der Waals surface area (Å²) < 4.78 is 24.4. The Morgan fingerprint density at radius 2 is 2.06 bits per heavy atom. The van der Waals surface area contributed by atoms with E-state index < -0.39 is 10.0 Å². The predicted octanol–water partition coefficient (Wildman–Crippen LogP) is 0.777. The van der Waals surface area contributed by atoms with Crippen molar-refractivity contribution in [2.24, 2.45) is 4.58 Å². The zero-order valence-corrected chi connectivity index (χ0v) is 8.74. The Balaban J connectivity index is 2.48. The third-order valence-electron chi connectivity index (χ3n) is 2.16. The first-order valence-electron chi connectivity index (χ1n) is 4.30. The predicted molar refractivity (Wildman–Crippen MR) is 55.3 cm³/mol. The second kappa shape index (κ2) is 3.56. The van der Waals surface area contributed by atoms with Gasteiger partial charge in [0.2, 0.25) is 0 Å². The highest BCUT2D eigenvalue weighted by Gasteiger charge is 2.19. The lowest BCUT2D eigenvalue weighted by molar-refractivity contribution is 0.251. The highest BCUT2D eigenvalue weighted by Crippen LogP contribution is 2.23. The van der Waals surface area contributed by atoms with Crippen LogP contribution in [0.3, 0.4) is 0 Å². The summed E-state index contributed by atoms with van der Waals surface area (Å²) in [5.41, 5.74) is 1.11. The molecule has 1 aromatic rings. The Labute approximate surface area is 90.9 Å². The molecule has 0 aliphatic carbocycles. The molecule has 0 fully saturated rings. The molecule has 0 saturated heterocycles. The van der Waals surface area contributed by atoms with Gasteiger partial charge in [-0.1, -0.05) is 0 Å². The second-order valence-electron chi connectivity index (χ2n) is 3.18. The van der Waals surface area contributed by atoms with Gasteiger partial charge in [0.15, 0.2) is 0 Å². The maximum absolute atomic E-state index is 11.2. The van der Waals surface area contributed by atoms with Crippen LogP contribution in [-0.4, -0.2) is 14.4 Å². The van der Waals surface area contributed by atoms with Crippen LogP contribution in [0.5, 0.6) is 0 Å². The fraction of sp³-hybridized carbons (Fsp3) is 0.125. The van der Waals surface area contributed by atoms with Crippen LogP contribution in [0.1, 0.15) is 5.56 Å². The molecule has 0 saturated carbocycles. The number of hydrogen-bond donors (Lipinski definition) is 2. The topological polar surface area (TPSA) is 105 Å². The SMILES string of the molecule is O=NS(=O)(=O)c1ccc2c(c1)CNC(=O)N2. The van der Waals surface area contributed by atoms with Crippen LogP contribution in [0.2, 0.25) is 0 Å². The van der Waals surface area contributed by atoms with Gasteiger partial charge in [-0.05, 0) is 23.8 Å². The molecule has 1 aliphatic heterocycles. The number of sulfonamides is 1. The minimum absolute atomic E-state index is 0.181. The first kappa shape index (κ1) is 10.6. The Morgan fingerprint density at radius 1 is 1.31 bits per heavy atom. The zero-order valence-electron chi connectivity index (χ0n) is 7.93. The largest absolute Gasteiger partial charge is 0.334 e. The van der Waals surface area contributed by atoms with Gasteiger partial charge in [-0.25, -0.2) is 4.79 Å². The van der Waals surface area contributed by atoms with E-state index >= 15 is 0 Å². The van der Waals surface area contributed by atoms with Crippen LogP contribution < -0.4 is 10.6 Å². The van der Waals surface area contributed by atoms with Gasteiger partial charge < -0.3 is 10.6 Å². The summed E-state index contributed by atoms with van der Waals surface area (Å²) in [4.78, 5) is 20.9. The lowest BCUT2D eigenvalue weighted by atomic mass is 10.1. The number of carbonyl (C=O) groups is 1. The number of nitrogens with zero attached hydrogens (tertiary/aromatic N) is 1. The van der Waals surface area contributed by atoms with Gasteiger partial charge in [0, 0.05) is 12.2 Å². The molecular weight excluding hydrogens is 234 g/mol. The molecule has 7 nitrogen and oxygen atoms in total. The molecule has 2 N–H and O–H groups in total. The van der Waals surface area contributed by atoms with Crippen molar-refractivity contribution in [1.29, 1.82) is 0 Å². The molecule has 2 amide bonds. The minimum atomic E-state index is -4.12. The maximum atomic E-state index is 11.2. The molecule has 1 aliphatic rings. The normalized spacial score (nSPS) is 14.6. The number of fused-ring (bicyclic) bond motifs is 1. The first-order chi connectivity index (χ1) is 7.53. The van der Waals surface area contributed by atoms with Gasteiger partial charge in [-0.2, -0.15) is 8.42 Å². The van der Waals surface area contributed by atoms with Crippen molar-refractivity contribution in [2.75, 3.05) is 5.32 Å². The number of anilines is 1. The Hall–Kier alpha value is -1.96. The van der Waals surface area contributed by atoms with Crippen molar-refractivity contribution in [2.45, 2.75) is 11.4 Å². The molecule has 0 radical (unpaired) electrons. The van der Waals surface area contributed by atoms with E-state index in [4.69, 9.17) is 0 Å². The molecule has 1 aromatic carbocycles. The zero-order chi connectivity index (χ0) is 11.8. The summed E-state index contributed by atoms with van der Waals surface area (Å²) in [6.07, 6.45) is 0. The monoisotopic (exact) mass is 241 g/mol. The fourth-order valence-corrected chi connectivity index (χ4v) is 2.00. The van der Waals surface area contributed by atoms with E-state index in [2.05, 4.69) is 15.2 Å². The highest BCUT2D eigenvalue weighted by atomic mass is 32.2. The van der Waals surface area contributed by atoms with Gasteiger partial charge in [0.25, 0.3) is 0 Å². The molecule has 16 heavy (non-hydrogen) atoms. The number of nitroso groups, excluding NO2 is 1. The van der Waals surface area contributed by atoms with Crippen LogP contribution >= 0.6 is 0 Å². The Morgan fingerprint density at radius 3 is 2.75 bits per heavy atom. The summed E-state index contributed by atoms with van der Waals surface area (Å²) in [6, 6.07) is 3.60. The number of urea groups is 1. The van der Waals surface area contributed by atoms with E-state index in [-0.39, 0.29) is 17.5 Å². The van der Waals surface area contributed by atoms with Gasteiger partial charge in [0.1, 0.15) is 0 Å². The third kappa shape index (κ3) is 1.74. The molecule has 0 bridgehead atoms. The smallest absolute Gasteiger partial charge is 0.319 e. The second-order valence-corrected chi connectivity index (χ2v) is 4.75.